The summed E-state index contributed by atoms with van der Waals surface area (Å²) in [6.45, 7) is 1.71. The summed E-state index contributed by atoms with van der Waals surface area (Å²) in [6.07, 6.45) is -2.49. The highest BCUT2D eigenvalue weighted by Crippen LogP contribution is 2.49. The van der Waals surface area contributed by atoms with Crippen molar-refractivity contribution in [3.63, 3.8) is 0 Å². The number of alkyl halides is 3. The second-order valence-electron chi connectivity index (χ2n) is 6.64. The van der Waals surface area contributed by atoms with Crippen LogP contribution in [0.1, 0.15) is 37.8 Å². The van der Waals surface area contributed by atoms with Crippen LogP contribution in [0, 0.1) is 16.7 Å². The molecule has 0 spiro atoms. The van der Waals surface area contributed by atoms with Crippen molar-refractivity contribution in [2.45, 2.75) is 44.4 Å². The van der Waals surface area contributed by atoms with E-state index in [1.54, 1.807) is 6.07 Å². The van der Waals surface area contributed by atoms with Crippen molar-refractivity contribution < 1.29 is 18.0 Å². The van der Waals surface area contributed by atoms with Gasteiger partial charge in [0.15, 0.2) is 0 Å². The zero-order valence-electron chi connectivity index (χ0n) is 13.7. The molecule has 1 amide bonds. The van der Waals surface area contributed by atoms with Crippen LogP contribution in [0.3, 0.4) is 0 Å². The molecule has 1 aliphatic rings. The SMILES string of the molecule is CC1(CC(N[C@@H](c2ccc(Br)cc2)C(F)(F)F)C(=O)NCC#N)CC1. The number of rotatable bonds is 7. The number of benzene rings is 1. The first kappa shape index (κ1) is 19.7. The van der Waals surface area contributed by atoms with Gasteiger partial charge in [-0.3, -0.25) is 10.1 Å². The van der Waals surface area contributed by atoms with E-state index < -0.39 is 24.2 Å². The lowest BCUT2D eigenvalue weighted by Crippen LogP contribution is -2.49. The van der Waals surface area contributed by atoms with Gasteiger partial charge in [-0.15, -0.1) is 0 Å². The maximum atomic E-state index is 13.6. The fourth-order valence-electron chi connectivity index (χ4n) is 2.62. The molecule has 2 rings (SSSR count). The Morgan fingerprint density at radius 2 is 1.96 bits per heavy atom. The predicted octanol–water partition coefficient (Wildman–Crippen LogP) is 3.84. The quantitative estimate of drug-likeness (QED) is 0.662. The van der Waals surface area contributed by atoms with Crippen LogP contribution >= 0.6 is 15.9 Å². The van der Waals surface area contributed by atoms with E-state index in [9.17, 15) is 18.0 Å². The van der Waals surface area contributed by atoms with E-state index in [0.717, 1.165) is 12.8 Å². The van der Waals surface area contributed by atoms with Gasteiger partial charge in [-0.1, -0.05) is 35.0 Å². The highest BCUT2D eigenvalue weighted by molar-refractivity contribution is 9.10. The number of hydrogen-bond donors (Lipinski definition) is 2. The average molecular weight is 418 g/mol. The van der Waals surface area contributed by atoms with E-state index in [0.29, 0.717) is 10.9 Å². The molecule has 0 aliphatic heterocycles. The highest BCUT2D eigenvalue weighted by atomic mass is 79.9. The van der Waals surface area contributed by atoms with Crippen LogP contribution in [-0.4, -0.2) is 24.7 Å². The fraction of sp³-hybridized carbons (Fsp3) is 0.529. The number of nitrogens with zero attached hydrogens (tertiary/aromatic N) is 1. The molecule has 0 heterocycles. The Morgan fingerprint density at radius 3 is 2.44 bits per heavy atom. The first-order valence-electron chi connectivity index (χ1n) is 7.87. The summed E-state index contributed by atoms with van der Waals surface area (Å²) < 4.78 is 41.4. The lowest BCUT2D eigenvalue weighted by molar-refractivity contribution is -0.161. The Bertz CT molecular complexity index is 651. The van der Waals surface area contributed by atoms with Gasteiger partial charge in [0.1, 0.15) is 12.6 Å². The molecule has 0 saturated heterocycles. The first-order valence-corrected chi connectivity index (χ1v) is 8.67. The summed E-state index contributed by atoms with van der Waals surface area (Å²) in [4.78, 5) is 12.3. The molecule has 2 N–H and O–H groups in total. The molecule has 136 valence electrons. The summed E-state index contributed by atoms with van der Waals surface area (Å²) in [7, 11) is 0. The minimum absolute atomic E-state index is 0.0368. The van der Waals surface area contributed by atoms with Gasteiger partial charge < -0.3 is 5.32 Å². The van der Waals surface area contributed by atoms with E-state index in [2.05, 4.69) is 26.6 Å². The predicted molar refractivity (Wildman–Crippen MR) is 90.4 cm³/mol. The van der Waals surface area contributed by atoms with Crippen LogP contribution < -0.4 is 10.6 Å². The summed E-state index contributed by atoms with van der Waals surface area (Å²) in [6, 6.07) is 4.60. The molecular formula is C17H19BrF3N3O. The van der Waals surface area contributed by atoms with Gasteiger partial charge in [0.2, 0.25) is 5.91 Å². The minimum atomic E-state index is -4.55. The molecule has 0 radical (unpaired) electrons. The number of nitrogens with one attached hydrogen (secondary N) is 2. The van der Waals surface area contributed by atoms with Crippen LogP contribution in [0.25, 0.3) is 0 Å². The molecule has 1 aromatic rings. The molecule has 1 unspecified atom stereocenters. The van der Waals surface area contributed by atoms with Crippen LogP contribution in [0.4, 0.5) is 13.2 Å². The van der Waals surface area contributed by atoms with Crippen molar-refractivity contribution in [1.82, 2.24) is 10.6 Å². The fourth-order valence-corrected chi connectivity index (χ4v) is 2.89. The van der Waals surface area contributed by atoms with E-state index in [1.165, 1.54) is 24.3 Å². The Kier molecular flexibility index (Phi) is 6.12. The van der Waals surface area contributed by atoms with Crippen LogP contribution in [0.15, 0.2) is 28.7 Å². The molecule has 0 bridgehead atoms. The van der Waals surface area contributed by atoms with Crippen molar-refractivity contribution in [3.8, 4) is 6.07 Å². The van der Waals surface area contributed by atoms with Crippen molar-refractivity contribution in [2.75, 3.05) is 6.54 Å². The summed E-state index contributed by atoms with van der Waals surface area (Å²) in [5, 5.41) is 13.4. The normalized spacial score (nSPS) is 18.1. The Labute approximate surface area is 152 Å². The van der Waals surface area contributed by atoms with Crippen LogP contribution in [0.2, 0.25) is 0 Å². The Morgan fingerprint density at radius 1 is 1.36 bits per heavy atom. The zero-order chi connectivity index (χ0) is 18.7. The average Bonchev–Trinajstić information content (AvgIpc) is 3.26. The summed E-state index contributed by atoms with van der Waals surface area (Å²) in [5.41, 5.74) is -0.0907. The van der Waals surface area contributed by atoms with E-state index in [1.807, 2.05) is 6.92 Å². The largest absolute Gasteiger partial charge is 0.407 e. The smallest absolute Gasteiger partial charge is 0.342 e. The summed E-state index contributed by atoms with van der Waals surface area (Å²) in [5.74, 6) is -0.582. The van der Waals surface area contributed by atoms with Gasteiger partial charge in [0.05, 0.1) is 12.1 Å². The Balaban J connectivity index is 2.22. The van der Waals surface area contributed by atoms with Crippen LogP contribution in [0.5, 0.6) is 0 Å². The maximum Gasteiger partial charge on any atom is 0.407 e. The Hall–Kier alpha value is -1.59. The molecule has 0 aromatic heterocycles. The molecule has 8 heteroatoms. The molecular weight excluding hydrogens is 399 g/mol. The van der Waals surface area contributed by atoms with Gasteiger partial charge in [0, 0.05) is 4.47 Å². The lowest BCUT2D eigenvalue weighted by Gasteiger charge is -2.28. The van der Waals surface area contributed by atoms with E-state index >= 15 is 0 Å². The minimum Gasteiger partial charge on any atom is -0.342 e. The third-order valence-corrected chi connectivity index (χ3v) is 4.89. The number of hydrogen-bond acceptors (Lipinski definition) is 3. The highest BCUT2D eigenvalue weighted by Gasteiger charge is 2.46. The van der Waals surface area contributed by atoms with Crippen molar-refractivity contribution >= 4 is 21.8 Å². The molecule has 1 aliphatic carbocycles. The standard InChI is InChI=1S/C17H19BrF3N3O/c1-16(6-7-16)10-13(15(25)23-9-8-22)24-14(17(19,20)21)11-2-4-12(18)5-3-11/h2-5,13-14,24H,6-7,9-10H2,1H3,(H,23,25)/t13?,14-/m0/s1. The molecule has 2 atom stereocenters. The van der Waals surface area contributed by atoms with E-state index in [4.69, 9.17) is 5.26 Å². The van der Waals surface area contributed by atoms with Crippen molar-refractivity contribution in [1.29, 1.82) is 5.26 Å². The molecule has 4 nitrogen and oxygen atoms in total. The van der Waals surface area contributed by atoms with Gasteiger partial charge in [-0.2, -0.15) is 18.4 Å². The number of amides is 1. The molecule has 25 heavy (non-hydrogen) atoms. The monoisotopic (exact) mass is 417 g/mol. The summed E-state index contributed by atoms with van der Waals surface area (Å²) >= 11 is 3.20. The number of carbonyl (C=O) groups excluding carboxylic acids is 1. The van der Waals surface area contributed by atoms with Gasteiger partial charge in [0.25, 0.3) is 0 Å². The topological polar surface area (TPSA) is 64.9 Å². The van der Waals surface area contributed by atoms with Gasteiger partial charge in [-0.05, 0) is 42.4 Å². The van der Waals surface area contributed by atoms with Gasteiger partial charge in [-0.25, -0.2) is 0 Å². The third-order valence-electron chi connectivity index (χ3n) is 4.36. The number of nitriles is 1. The lowest BCUT2D eigenvalue weighted by atomic mass is 9.96. The first-order chi connectivity index (χ1) is 11.6. The van der Waals surface area contributed by atoms with Crippen molar-refractivity contribution in [3.05, 3.63) is 34.3 Å². The van der Waals surface area contributed by atoms with Crippen LogP contribution in [-0.2, 0) is 4.79 Å². The second kappa shape index (κ2) is 7.75. The number of carbonyl (C=O) groups is 1. The zero-order valence-corrected chi connectivity index (χ0v) is 15.2. The molecule has 1 fully saturated rings. The number of halogens is 4. The van der Waals surface area contributed by atoms with E-state index in [-0.39, 0.29) is 17.5 Å². The second-order valence-corrected chi connectivity index (χ2v) is 7.55. The molecule has 1 aromatic carbocycles. The third kappa shape index (κ3) is 5.72. The molecule has 1 saturated carbocycles. The van der Waals surface area contributed by atoms with Crippen molar-refractivity contribution in [2.24, 2.45) is 5.41 Å². The van der Waals surface area contributed by atoms with Gasteiger partial charge >= 0.3 is 6.18 Å². The maximum absolute atomic E-state index is 13.6.